The van der Waals surface area contributed by atoms with Crippen LogP contribution in [0.4, 0.5) is 25.8 Å². The predicted octanol–water partition coefficient (Wildman–Crippen LogP) is 4.21. The number of hydrogen-bond acceptors (Lipinski definition) is 10. The molecule has 1 saturated carbocycles. The summed E-state index contributed by atoms with van der Waals surface area (Å²) in [4.78, 5) is 11.9. The minimum absolute atomic E-state index is 0.113. The van der Waals surface area contributed by atoms with Gasteiger partial charge in [-0.2, -0.15) is 14.9 Å². The fraction of sp³-hybridized carbons (Fsp3) is 0.148. The molecule has 0 bridgehead atoms. The van der Waals surface area contributed by atoms with Crippen LogP contribution >= 0.6 is 11.6 Å². The van der Waals surface area contributed by atoms with E-state index in [0.29, 0.717) is 39.5 Å². The first-order valence-corrected chi connectivity index (χ1v) is 12.7. The Kier molecular flexibility index (Phi) is 6.54. The predicted molar refractivity (Wildman–Crippen MR) is 148 cm³/mol. The molecule has 0 saturated heterocycles. The second-order valence-electron chi connectivity index (χ2n) is 9.56. The second kappa shape index (κ2) is 10.2. The number of hydrogen-bond donors (Lipinski definition) is 4. The van der Waals surface area contributed by atoms with Gasteiger partial charge in [0.25, 0.3) is 0 Å². The normalized spacial score (nSPS) is 15.8. The molecule has 4 N–H and O–H groups in total. The molecule has 1 unspecified atom stereocenters. The molecule has 1 aromatic carbocycles. The monoisotopic (exact) mass is 566 g/mol. The minimum atomic E-state index is -1.43. The number of fused-ring (bicyclic) bond motifs is 1. The molecule has 14 heteroatoms. The number of pyridine rings is 3. The van der Waals surface area contributed by atoms with Crippen LogP contribution in [0.2, 0.25) is 5.02 Å². The van der Waals surface area contributed by atoms with E-state index in [1.165, 1.54) is 12.4 Å². The highest BCUT2D eigenvalue weighted by atomic mass is 35.5. The van der Waals surface area contributed by atoms with Gasteiger partial charge in [0.05, 0.1) is 50.4 Å². The molecule has 4 aromatic rings. The molecule has 0 amide bonds. The quantitative estimate of drug-likeness (QED) is 0.190. The average molecular weight is 567 g/mol. The van der Waals surface area contributed by atoms with E-state index < -0.39 is 17.2 Å². The van der Waals surface area contributed by atoms with E-state index in [1.807, 2.05) is 11.2 Å². The van der Waals surface area contributed by atoms with Gasteiger partial charge < -0.3 is 16.1 Å². The van der Waals surface area contributed by atoms with E-state index in [1.54, 1.807) is 24.4 Å². The van der Waals surface area contributed by atoms with E-state index in [0.717, 1.165) is 25.1 Å². The van der Waals surface area contributed by atoms with Gasteiger partial charge in [0.2, 0.25) is 5.95 Å². The molecule has 10 nitrogen and oxygen atoms in total. The van der Waals surface area contributed by atoms with Crippen molar-refractivity contribution in [1.82, 2.24) is 30.9 Å². The summed E-state index contributed by atoms with van der Waals surface area (Å²) >= 11 is 6.65. The van der Waals surface area contributed by atoms with Crippen molar-refractivity contribution < 1.29 is 8.78 Å². The number of benzene rings is 1. The van der Waals surface area contributed by atoms with Gasteiger partial charge in [0.1, 0.15) is 20.0 Å². The van der Waals surface area contributed by atoms with E-state index in [2.05, 4.69) is 48.7 Å². The first-order chi connectivity index (χ1) is 19.8. The summed E-state index contributed by atoms with van der Waals surface area (Å²) in [7, 11) is 7.04. The molecule has 1 atom stereocenters. The van der Waals surface area contributed by atoms with Crippen LogP contribution in [0.1, 0.15) is 29.5 Å². The number of halogens is 3. The molecule has 1 aliphatic carbocycles. The number of rotatable bonds is 7. The molecule has 6 rings (SSSR count). The Morgan fingerprint density at radius 2 is 1.88 bits per heavy atom. The lowest BCUT2D eigenvalue weighted by molar-refractivity contribution is 0.260. The van der Waals surface area contributed by atoms with Gasteiger partial charge in [0.15, 0.2) is 5.82 Å². The molecule has 4 heterocycles. The summed E-state index contributed by atoms with van der Waals surface area (Å²) in [5, 5.41) is 28.1. The van der Waals surface area contributed by atoms with Crippen LogP contribution in [0.3, 0.4) is 0 Å². The van der Waals surface area contributed by atoms with Crippen LogP contribution < -0.4 is 21.6 Å². The molecule has 0 spiro atoms. The molecule has 41 heavy (non-hydrogen) atoms. The maximum Gasteiger partial charge on any atom is 0.249 e. The maximum atomic E-state index is 13.9. The Morgan fingerprint density at radius 3 is 2.61 bits per heavy atom. The van der Waals surface area contributed by atoms with E-state index in [4.69, 9.17) is 19.4 Å². The maximum absolute atomic E-state index is 13.9. The third-order valence-electron chi connectivity index (χ3n) is 6.73. The smallest absolute Gasteiger partial charge is 0.249 e. The van der Waals surface area contributed by atoms with Gasteiger partial charge >= 0.3 is 0 Å². The molecule has 2 aliphatic rings. The molecule has 2 radical (unpaired) electrons. The third-order valence-corrected chi connectivity index (χ3v) is 7.02. The van der Waals surface area contributed by atoms with Gasteiger partial charge in [-0.1, -0.05) is 11.6 Å². The number of aromatic nitrogens is 3. The summed E-state index contributed by atoms with van der Waals surface area (Å²) in [6, 6.07) is 10.3. The first kappa shape index (κ1) is 26.3. The first-order valence-electron chi connectivity index (χ1n) is 12.3. The second-order valence-corrected chi connectivity index (χ2v) is 9.97. The lowest BCUT2D eigenvalue weighted by atomic mass is 9.69. The zero-order valence-corrected chi connectivity index (χ0v) is 21.8. The summed E-state index contributed by atoms with van der Waals surface area (Å²) < 4.78 is 27.3. The summed E-state index contributed by atoms with van der Waals surface area (Å²) in [5.41, 5.74) is 7.42. The van der Waals surface area contributed by atoms with Crippen molar-refractivity contribution in [2.24, 2.45) is 0 Å². The SMILES string of the molecule is [B]C(Nc1cc(Cl)c2ncc(C#N)c(Nc3cnc(F)c(F)c3)c2c1)(C1=CN(C2CC2)NN1)c1cncc(C#N)c1. The van der Waals surface area contributed by atoms with Crippen LogP contribution in [0.25, 0.3) is 10.9 Å². The molecule has 200 valence electrons. The number of anilines is 3. The van der Waals surface area contributed by atoms with Crippen molar-refractivity contribution >= 4 is 47.4 Å². The van der Waals surface area contributed by atoms with Gasteiger partial charge in [-0.25, -0.2) is 9.37 Å². The van der Waals surface area contributed by atoms with E-state index in [9.17, 15) is 19.3 Å². The van der Waals surface area contributed by atoms with Gasteiger partial charge in [0, 0.05) is 48.0 Å². The zero-order chi connectivity index (χ0) is 28.7. The summed E-state index contributed by atoms with van der Waals surface area (Å²) in [6.45, 7) is 0. The van der Waals surface area contributed by atoms with Crippen molar-refractivity contribution in [1.29, 1.82) is 10.5 Å². The summed E-state index contributed by atoms with van der Waals surface area (Å²) in [5.74, 6) is -2.40. The highest BCUT2D eigenvalue weighted by molar-refractivity contribution is 6.36. The van der Waals surface area contributed by atoms with Crippen molar-refractivity contribution in [2.75, 3.05) is 10.6 Å². The molecular formula is C27H18BClF2N10. The van der Waals surface area contributed by atoms with Crippen molar-refractivity contribution in [3.05, 3.63) is 94.4 Å². The van der Waals surface area contributed by atoms with E-state index in [-0.39, 0.29) is 22.0 Å². The minimum Gasteiger partial charge on any atom is -0.378 e. The van der Waals surface area contributed by atoms with Crippen LogP contribution in [0.5, 0.6) is 0 Å². The molecule has 3 aromatic heterocycles. The van der Waals surface area contributed by atoms with Crippen LogP contribution in [0, 0.1) is 34.4 Å². The highest BCUT2D eigenvalue weighted by Crippen LogP contribution is 2.38. The largest absolute Gasteiger partial charge is 0.378 e. The number of hydrazine groups is 2. The lowest BCUT2D eigenvalue weighted by Gasteiger charge is -2.34. The lowest BCUT2D eigenvalue weighted by Crippen LogP contribution is -2.45. The Hall–Kier alpha value is -4.98. The standard InChI is InChI=1S/C27H18BClF2N10/c28-27(16-3-14(7-32)9-34-11-16,23-13-41(40-39-23)19-1-2-19)38-17-4-20-24(37-18-6-22(30)26(31)36-12-18)15(8-33)10-35-25(20)21(29)5-17/h3-6,9-13,19,38-40H,1-2H2,(H,35,37). The van der Waals surface area contributed by atoms with Crippen LogP contribution in [0.15, 0.2) is 60.9 Å². The molecular weight excluding hydrogens is 549 g/mol. The summed E-state index contributed by atoms with van der Waals surface area (Å²) in [6.07, 6.45) is 9.34. The fourth-order valence-electron chi connectivity index (χ4n) is 4.50. The third kappa shape index (κ3) is 4.93. The fourth-order valence-corrected chi connectivity index (χ4v) is 4.77. The van der Waals surface area contributed by atoms with Gasteiger partial charge in [-0.05, 0) is 36.6 Å². The average Bonchev–Trinajstić information content (AvgIpc) is 3.70. The van der Waals surface area contributed by atoms with Crippen molar-refractivity contribution in [3.63, 3.8) is 0 Å². The molecule has 1 aliphatic heterocycles. The Labute approximate surface area is 239 Å². The number of nitriles is 2. The van der Waals surface area contributed by atoms with Crippen molar-refractivity contribution in [2.45, 2.75) is 24.3 Å². The zero-order valence-electron chi connectivity index (χ0n) is 21.1. The number of nitrogens with one attached hydrogen (secondary N) is 4. The number of nitrogens with zero attached hydrogens (tertiary/aromatic N) is 6. The van der Waals surface area contributed by atoms with Crippen LogP contribution in [-0.2, 0) is 5.44 Å². The molecule has 1 fully saturated rings. The van der Waals surface area contributed by atoms with Crippen molar-refractivity contribution in [3.8, 4) is 12.1 Å². The Balaban J connectivity index is 1.47. The highest BCUT2D eigenvalue weighted by Gasteiger charge is 2.38. The Bertz CT molecular complexity index is 1820. The van der Waals surface area contributed by atoms with Gasteiger partial charge in [-0.3, -0.25) is 15.0 Å². The van der Waals surface area contributed by atoms with E-state index >= 15 is 0 Å². The van der Waals surface area contributed by atoms with Gasteiger partial charge in [-0.15, -0.1) is 5.53 Å². The van der Waals surface area contributed by atoms with Crippen LogP contribution in [-0.4, -0.2) is 33.8 Å². The Morgan fingerprint density at radius 1 is 1.05 bits per heavy atom. The topological polar surface area (TPSA) is 138 Å².